The number of nitrogens with zero attached hydrogens (tertiary/aromatic N) is 3. The van der Waals surface area contributed by atoms with Gasteiger partial charge >= 0.3 is 6.01 Å². The number of halogens is 1. The van der Waals surface area contributed by atoms with Crippen molar-refractivity contribution in [3.63, 3.8) is 0 Å². The molecule has 0 N–H and O–H groups in total. The quantitative estimate of drug-likeness (QED) is 0.668. The molecular weight excluding hydrogens is 358 g/mol. The van der Waals surface area contributed by atoms with Crippen molar-refractivity contribution in [2.75, 3.05) is 0 Å². The molecule has 3 aromatic rings. The van der Waals surface area contributed by atoms with E-state index in [4.69, 9.17) is 14.7 Å². The van der Waals surface area contributed by atoms with Crippen LogP contribution in [0.5, 0.6) is 23.3 Å². The molecule has 0 bridgehead atoms. The summed E-state index contributed by atoms with van der Waals surface area (Å²) in [6.07, 6.45) is 3.23. The first-order valence-corrected chi connectivity index (χ1v) is 7.46. The molecule has 0 saturated carbocycles. The zero-order valence-corrected chi connectivity index (χ0v) is 13.4. The summed E-state index contributed by atoms with van der Waals surface area (Å²) >= 11 is 3.27. The number of rotatable bonds is 4. The van der Waals surface area contributed by atoms with Crippen LogP contribution in [0.3, 0.4) is 0 Å². The lowest BCUT2D eigenvalue weighted by Gasteiger charge is -2.07. The van der Waals surface area contributed by atoms with E-state index in [2.05, 4.69) is 32.0 Å². The number of benzene rings is 2. The molecule has 0 aliphatic heterocycles. The van der Waals surface area contributed by atoms with E-state index in [0.29, 0.717) is 22.8 Å². The van der Waals surface area contributed by atoms with Crippen molar-refractivity contribution in [3.8, 4) is 29.3 Å². The number of hydrogen-bond donors (Lipinski definition) is 0. The highest BCUT2D eigenvalue weighted by molar-refractivity contribution is 9.10. The van der Waals surface area contributed by atoms with Gasteiger partial charge in [-0.15, -0.1) is 0 Å². The Morgan fingerprint density at radius 3 is 1.78 bits per heavy atom. The van der Waals surface area contributed by atoms with Crippen molar-refractivity contribution in [3.05, 3.63) is 71.0 Å². The smallest absolute Gasteiger partial charge is 0.321 e. The molecule has 0 fully saturated rings. The van der Waals surface area contributed by atoms with Crippen LogP contribution >= 0.6 is 15.9 Å². The lowest BCUT2D eigenvalue weighted by molar-refractivity contribution is 0.438. The minimum absolute atomic E-state index is 0.272. The lowest BCUT2D eigenvalue weighted by atomic mass is 10.2. The van der Waals surface area contributed by atoms with E-state index in [1.165, 1.54) is 0 Å². The standard InChI is InChI=1S/C17H10BrN3O2/c18-13-10-20-17(21-11-13)23-16-7-5-15(6-8-16)22-14-3-1-12(9-19)2-4-14/h1-8,10-11H. The number of hydrogen-bond acceptors (Lipinski definition) is 5. The maximum Gasteiger partial charge on any atom is 0.321 e. The second kappa shape index (κ2) is 6.90. The largest absolute Gasteiger partial charge is 0.457 e. The predicted octanol–water partition coefficient (Wildman–Crippen LogP) is 4.70. The van der Waals surface area contributed by atoms with E-state index >= 15 is 0 Å². The van der Waals surface area contributed by atoms with Crippen LogP contribution in [-0.2, 0) is 0 Å². The van der Waals surface area contributed by atoms with Crippen molar-refractivity contribution >= 4 is 15.9 Å². The number of ether oxygens (including phenoxy) is 2. The molecular formula is C17H10BrN3O2. The van der Waals surface area contributed by atoms with E-state index in [0.717, 1.165) is 4.47 Å². The fourth-order valence-electron chi connectivity index (χ4n) is 1.77. The summed E-state index contributed by atoms with van der Waals surface area (Å²) in [5, 5.41) is 8.77. The molecule has 112 valence electrons. The van der Waals surface area contributed by atoms with E-state index in [1.54, 1.807) is 60.9 Å². The Kier molecular flexibility index (Phi) is 4.50. The lowest BCUT2D eigenvalue weighted by Crippen LogP contribution is -1.91. The summed E-state index contributed by atoms with van der Waals surface area (Å²) in [7, 11) is 0. The highest BCUT2D eigenvalue weighted by Crippen LogP contribution is 2.25. The number of aromatic nitrogens is 2. The summed E-state index contributed by atoms with van der Waals surface area (Å²) < 4.78 is 12.0. The van der Waals surface area contributed by atoms with Crippen molar-refractivity contribution < 1.29 is 9.47 Å². The molecule has 0 aliphatic rings. The first kappa shape index (κ1) is 15.0. The minimum Gasteiger partial charge on any atom is -0.457 e. The maximum atomic E-state index is 8.77. The van der Waals surface area contributed by atoms with Crippen molar-refractivity contribution in [1.29, 1.82) is 5.26 Å². The fourth-order valence-corrected chi connectivity index (χ4v) is 1.97. The molecule has 2 aromatic carbocycles. The third-order valence-corrected chi connectivity index (χ3v) is 3.26. The van der Waals surface area contributed by atoms with E-state index in [-0.39, 0.29) is 6.01 Å². The minimum atomic E-state index is 0.272. The zero-order chi connectivity index (χ0) is 16.1. The van der Waals surface area contributed by atoms with Crippen LogP contribution in [0.1, 0.15) is 5.56 Å². The van der Waals surface area contributed by atoms with E-state index in [9.17, 15) is 0 Å². The van der Waals surface area contributed by atoms with Crippen LogP contribution in [0.4, 0.5) is 0 Å². The topological polar surface area (TPSA) is 68.0 Å². The molecule has 0 radical (unpaired) electrons. The van der Waals surface area contributed by atoms with Crippen molar-refractivity contribution in [2.24, 2.45) is 0 Å². The molecule has 6 heteroatoms. The first-order valence-electron chi connectivity index (χ1n) is 6.66. The fraction of sp³-hybridized carbons (Fsp3) is 0. The summed E-state index contributed by atoms with van der Waals surface area (Å²) in [5.74, 6) is 1.94. The highest BCUT2D eigenvalue weighted by Gasteiger charge is 2.02. The molecule has 0 amide bonds. The zero-order valence-electron chi connectivity index (χ0n) is 11.8. The molecule has 0 aliphatic carbocycles. The maximum absolute atomic E-state index is 8.77. The number of nitriles is 1. The van der Waals surface area contributed by atoms with Crippen molar-refractivity contribution in [1.82, 2.24) is 9.97 Å². The Labute approximate surface area is 141 Å². The van der Waals surface area contributed by atoms with Crippen LogP contribution < -0.4 is 9.47 Å². The Balaban J connectivity index is 1.66. The Morgan fingerprint density at radius 1 is 0.783 bits per heavy atom. The molecule has 1 aromatic heterocycles. The van der Waals surface area contributed by atoms with Crippen LogP contribution in [0.2, 0.25) is 0 Å². The van der Waals surface area contributed by atoms with Gasteiger partial charge in [0.15, 0.2) is 0 Å². The molecule has 0 unspecified atom stereocenters. The molecule has 0 spiro atoms. The van der Waals surface area contributed by atoms with Gasteiger partial charge in [0.25, 0.3) is 0 Å². The Morgan fingerprint density at radius 2 is 1.26 bits per heavy atom. The van der Waals surface area contributed by atoms with Gasteiger partial charge in [0, 0.05) is 12.4 Å². The molecule has 3 rings (SSSR count). The van der Waals surface area contributed by atoms with Gasteiger partial charge < -0.3 is 9.47 Å². The predicted molar refractivity (Wildman–Crippen MR) is 87.5 cm³/mol. The van der Waals surface area contributed by atoms with Gasteiger partial charge in [0.1, 0.15) is 17.2 Å². The third-order valence-electron chi connectivity index (χ3n) is 2.85. The van der Waals surface area contributed by atoms with Gasteiger partial charge in [-0.2, -0.15) is 5.26 Å². The van der Waals surface area contributed by atoms with Gasteiger partial charge in [-0.25, -0.2) is 9.97 Å². The molecule has 1 heterocycles. The van der Waals surface area contributed by atoms with Crippen LogP contribution in [0.25, 0.3) is 0 Å². The van der Waals surface area contributed by atoms with Crippen LogP contribution in [-0.4, -0.2) is 9.97 Å². The third kappa shape index (κ3) is 4.05. The summed E-state index contributed by atoms with van der Waals surface area (Å²) in [6, 6.07) is 16.4. The van der Waals surface area contributed by atoms with Gasteiger partial charge in [0.05, 0.1) is 16.1 Å². The first-order chi connectivity index (χ1) is 11.2. The van der Waals surface area contributed by atoms with Gasteiger partial charge in [0.2, 0.25) is 0 Å². The average Bonchev–Trinajstić information content (AvgIpc) is 2.59. The molecule has 0 saturated heterocycles. The van der Waals surface area contributed by atoms with Crippen LogP contribution in [0.15, 0.2) is 65.4 Å². The monoisotopic (exact) mass is 367 g/mol. The second-order valence-electron chi connectivity index (χ2n) is 4.50. The molecule has 5 nitrogen and oxygen atoms in total. The molecule has 0 atom stereocenters. The van der Waals surface area contributed by atoms with Crippen molar-refractivity contribution in [2.45, 2.75) is 0 Å². The average molecular weight is 368 g/mol. The molecule has 23 heavy (non-hydrogen) atoms. The van der Waals surface area contributed by atoms with E-state index in [1.807, 2.05) is 0 Å². The summed E-state index contributed by atoms with van der Waals surface area (Å²) in [4.78, 5) is 8.08. The normalized spacial score (nSPS) is 9.91. The summed E-state index contributed by atoms with van der Waals surface area (Å²) in [6.45, 7) is 0. The van der Waals surface area contributed by atoms with E-state index < -0.39 is 0 Å². The van der Waals surface area contributed by atoms with Gasteiger partial charge in [-0.3, -0.25) is 0 Å². The van der Waals surface area contributed by atoms with Crippen LogP contribution in [0, 0.1) is 11.3 Å². The second-order valence-corrected chi connectivity index (χ2v) is 5.41. The summed E-state index contributed by atoms with van der Waals surface area (Å²) in [5.41, 5.74) is 0.593. The highest BCUT2D eigenvalue weighted by atomic mass is 79.9. The Bertz CT molecular complexity index is 826. The Hall–Kier alpha value is -2.91. The van der Waals surface area contributed by atoms with Gasteiger partial charge in [-0.05, 0) is 64.5 Å². The SMILES string of the molecule is N#Cc1ccc(Oc2ccc(Oc3ncc(Br)cn3)cc2)cc1. The van der Waals surface area contributed by atoms with Gasteiger partial charge in [-0.1, -0.05) is 0 Å².